The molecule has 1 unspecified atom stereocenters. The van der Waals surface area contributed by atoms with Gasteiger partial charge in [0.25, 0.3) is 0 Å². The summed E-state index contributed by atoms with van der Waals surface area (Å²) in [4.78, 5) is 0. The Hall–Kier alpha value is -2.63. The second-order valence-corrected chi connectivity index (χ2v) is 5.01. The van der Waals surface area contributed by atoms with Crippen molar-refractivity contribution < 1.29 is 5.11 Å². The van der Waals surface area contributed by atoms with E-state index in [1.54, 1.807) is 6.08 Å². The van der Waals surface area contributed by atoms with Crippen molar-refractivity contribution in [1.82, 2.24) is 0 Å². The van der Waals surface area contributed by atoms with Crippen molar-refractivity contribution in [3.8, 4) is 6.07 Å². The van der Waals surface area contributed by atoms with Crippen molar-refractivity contribution in [2.24, 2.45) is 0 Å². The van der Waals surface area contributed by atoms with Gasteiger partial charge in [-0.3, -0.25) is 0 Å². The maximum atomic E-state index is 9.14. The molecule has 0 saturated heterocycles. The summed E-state index contributed by atoms with van der Waals surface area (Å²) in [6.07, 6.45) is 7.95. The van der Waals surface area contributed by atoms with Crippen LogP contribution in [0.25, 0.3) is 12.2 Å². The normalized spacial score (nSPS) is 16.1. The summed E-state index contributed by atoms with van der Waals surface area (Å²) >= 11 is 0. The van der Waals surface area contributed by atoms with Gasteiger partial charge in [-0.25, -0.2) is 0 Å². The number of aliphatic hydroxyl groups is 1. The lowest BCUT2D eigenvalue weighted by Crippen LogP contribution is -2.02. The predicted molar refractivity (Wildman–Crippen MR) is 84.6 cm³/mol. The van der Waals surface area contributed by atoms with Crippen LogP contribution in [0.2, 0.25) is 0 Å². The summed E-state index contributed by atoms with van der Waals surface area (Å²) in [7, 11) is 0. The number of benzene rings is 2. The third-order valence-corrected chi connectivity index (χ3v) is 3.76. The number of aliphatic hydroxyl groups excluding tert-OH is 1. The summed E-state index contributed by atoms with van der Waals surface area (Å²) in [5, 5.41) is 18.3. The molecule has 2 heteroatoms. The van der Waals surface area contributed by atoms with Crippen LogP contribution in [0.5, 0.6) is 0 Å². The fourth-order valence-electron chi connectivity index (χ4n) is 2.76. The molecule has 0 bridgehead atoms. The molecule has 0 heterocycles. The van der Waals surface area contributed by atoms with Crippen LogP contribution in [0.4, 0.5) is 0 Å². The van der Waals surface area contributed by atoms with Gasteiger partial charge in [0.05, 0.1) is 18.2 Å². The fraction of sp³-hybridized carbons (Fsp3) is 0.105. The van der Waals surface area contributed by atoms with Crippen molar-refractivity contribution in [2.45, 2.75) is 5.92 Å². The van der Waals surface area contributed by atoms with E-state index >= 15 is 0 Å². The Kier molecular flexibility index (Phi) is 3.68. The molecule has 102 valence electrons. The van der Waals surface area contributed by atoms with E-state index in [1.807, 2.05) is 36.4 Å². The van der Waals surface area contributed by atoms with E-state index in [2.05, 4.69) is 30.4 Å². The molecule has 21 heavy (non-hydrogen) atoms. The van der Waals surface area contributed by atoms with Crippen LogP contribution < -0.4 is 0 Å². The lowest BCUT2D eigenvalue weighted by molar-refractivity contribution is 0.342. The van der Waals surface area contributed by atoms with Crippen molar-refractivity contribution in [3.63, 3.8) is 0 Å². The smallest absolute Gasteiger partial charge is 0.0991 e. The standard InChI is InChI=1S/C19H15NO/c20-13-14-7-8-16-10-9-15-4-1-2-5-17(15)18(6-3-11-21)19(16)12-14/h1-10,12,18,21H,11H2. The molecule has 0 amide bonds. The van der Waals surface area contributed by atoms with Crippen molar-refractivity contribution >= 4 is 12.2 Å². The Bertz CT molecular complexity index is 765. The number of hydrogen-bond donors (Lipinski definition) is 1. The molecule has 1 aliphatic rings. The molecule has 0 fully saturated rings. The van der Waals surface area contributed by atoms with E-state index < -0.39 is 0 Å². The molecule has 2 nitrogen and oxygen atoms in total. The first kappa shape index (κ1) is 13.4. The number of fused-ring (bicyclic) bond motifs is 2. The van der Waals surface area contributed by atoms with Gasteiger partial charge in [-0.1, -0.05) is 54.6 Å². The zero-order valence-corrected chi connectivity index (χ0v) is 11.5. The number of nitrogens with zero attached hydrogens (tertiary/aromatic N) is 1. The van der Waals surface area contributed by atoms with Crippen LogP contribution >= 0.6 is 0 Å². The first-order chi connectivity index (χ1) is 10.3. The van der Waals surface area contributed by atoms with E-state index in [-0.39, 0.29) is 12.5 Å². The Labute approximate surface area is 124 Å². The molecular formula is C19H15NO. The van der Waals surface area contributed by atoms with Crippen LogP contribution in [0.15, 0.2) is 54.6 Å². The predicted octanol–water partition coefficient (Wildman–Crippen LogP) is 3.72. The van der Waals surface area contributed by atoms with Crippen molar-refractivity contribution in [1.29, 1.82) is 5.26 Å². The van der Waals surface area contributed by atoms with Crippen LogP contribution in [0.1, 0.15) is 33.7 Å². The molecule has 0 saturated carbocycles. The molecule has 2 aromatic carbocycles. The van der Waals surface area contributed by atoms with E-state index in [0.29, 0.717) is 5.56 Å². The summed E-state index contributed by atoms with van der Waals surface area (Å²) in [6.45, 7) is 0.0133. The highest BCUT2D eigenvalue weighted by atomic mass is 16.2. The number of allylic oxidation sites excluding steroid dienone is 1. The van der Waals surface area contributed by atoms with E-state index in [9.17, 15) is 0 Å². The third kappa shape index (κ3) is 2.52. The minimum Gasteiger partial charge on any atom is -0.392 e. The fourth-order valence-corrected chi connectivity index (χ4v) is 2.76. The van der Waals surface area contributed by atoms with Gasteiger partial charge in [-0.15, -0.1) is 0 Å². The van der Waals surface area contributed by atoms with Crippen molar-refractivity contribution in [3.05, 3.63) is 82.4 Å². The maximum Gasteiger partial charge on any atom is 0.0991 e. The Morgan fingerprint density at radius 1 is 1.05 bits per heavy atom. The minimum absolute atomic E-state index is 0.0133. The average molecular weight is 273 g/mol. The zero-order chi connectivity index (χ0) is 14.7. The Morgan fingerprint density at radius 2 is 1.81 bits per heavy atom. The van der Waals surface area contributed by atoms with Crippen LogP contribution in [0.3, 0.4) is 0 Å². The van der Waals surface area contributed by atoms with Gasteiger partial charge in [0, 0.05) is 5.92 Å². The van der Waals surface area contributed by atoms with Gasteiger partial charge in [-0.05, 0) is 34.4 Å². The summed E-state index contributed by atoms with van der Waals surface area (Å²) in [5.74, 6) is 0.0478. The molecule has 1 atom stereocenters. The van der Waals surface area contributed by atoms with Gasteiger partial charge in [0.1, 0.15) is 0 Å². The molecule has 0 spiro atoms. The minimum atomic E-state index is 0.0133. The summed E-state index contributed by atoms with van der Waals surface area (Å²) in [5.41, 5.74) is 5.22. The highest BCUT2D eigenvalue weighted by molar-refractivity contribution is 5.77. The molecule has 0 radical (unpaired) electrons. The first-order valence-corrected chi connectivity index (χ1v) is 6.92. The second-order valence-electron chi connectivity index (χ2n) is 5.01. The third-order valence-electron chi connectivity index (χ3n) is 3.76. The molecule has 3 rings (SSSR count). The van der Waals surface area contributed by atoms with Crippen LogP contribution in [0, 0.1) is 11.3 Å². The monoisotopic (exact) mass is 273 g/mol. The first-order valence-electron chi connectivity index (χ1n) is 6.92. The second kappa shape index (κ2) is 5.78. The van der Waals surface area contributed by atoms with E-state index in [1.165, 1.54) is 11.1 Å². The summed E-state index contributed by atoms with van der Waals surface area (Å²) in [6, 6.07) is 16.2. The largest absolute Gasteiger partial charge is 0.392 e. The maximum absolute atomic E-state index is 9.14. The lowest BCUT2D eigenvalue weighted by atomic mass is 9.86. The Balaban J connectivity index is 2.24. The zero-order valence-electron chi connectivity index (χ0n) is 11.5. The van der Waals surface area contributed by atoms with Crippen LogP contribution in [-0.4, -0.2) is 11.7 Å². The molecule has 0 aliphatic heterocycles. The number of rotatable bonds is 2. The topological polar surface area (TPSA) is 44.0 Å². The summed E-state index contributed by atoms with van der Waals surface area (Å²) < 4.78 is 0. The lowest BCUT2D eigenvalue weighted by Gasteiger charge is -2.17. The van der Waals surface area contributed by atoms with Gasteiger partial charge >= 0.3 is 0 Å². The van der Waals surface area contributed by atoms with E-state index in [4.69, 9.17) is 10.4 Å². The highest BCUT2D eigenvalue weighted by Gasteiger charge is 2.19. The van der Waals surface area contributed by atoms with Gasteiger partial charge in [0.2, 0.25) is 0 Å². The average Bonchev–Trinajstić information content (AvgIpc) is 2.69. The van der Waals surface area contributed by atoms with Crippen LogP contribution in [-0.2, 0) is 0 Å². The number of nitriles is 1. The molecule has 1 N–H and O–H groups in total. The molecule has 1 aliphatic carbocycles. The van der Waals surface area contributed by atoms with Gasteiger partial charge in [0.15, 0.2) is 0 Å². The highest BCUT2D eigenvalue weighted by Crippen LogP contribution is 2.35. The molecular weight excluding hydrogens is 258 g/mol. The van der Waals surface area contributed by atoms with E-state index in [0.717, 1.165) is 11.1 Å². The quantitative estimate of drug-likeness (QED) is 0.847. The van der Waals surface area contributed by atoms with Gasteiger partial charge < -0.3 is 5.11 Å². The van der Waals surface area contributed by atoms with Crippen molar-refractivity contribution in [2.75, 3.05) is 6.61 Å². The van der Waals surface area contributed by atoms with Gasteiger partial charge in [-0.2, -0.15) is 5.26 Å². The molecule has 0 aromatic heterocycles. The molecule has 2 aromatic rings. The Morgan fingerprint density at radius 3 is 2.57 bits per heavy atom. The number of hydrogen-bond acceptors (Lipinski definition) is 2. The SMILES string of the molecule is N#Cc1ccc2c(c1)C(C=CCO)c1ccccc1C=C2.